The molecule has 0 amide bonds. The second-order valence-corrected chi connectivity index (χ2v) is 3.10. The molecule has 0 aliphatic rings. The van der Waals surface area contributed by atoms with Crippen LogP contribution in [0.1, 0.15) is 23.6 Å². The maximum atomic E-state index is 3.92. The van der Waals surface area contributed by atoms with E-state index in [1.165, 1.54) is 16.7 Å². The maximum Gasteiger partial charge on any atom is -0.0204 e. The predicted molar refractivity (Wildman–Crippen MR) is 50.6 cm³/mol. The normalized spacial score (nSPS) is 9.73. The van der Waals surface area contributed by atoms with Crippen LogP contribution in [-0.4, -0.2) is 0 Å². The Morgan fingerprint density at radius 3 is 2.36 bits per heavy atom. The van der Waals surface area contributed by atoms with Crippen LogP contribution in [0.2, 0.25) is 0 Å². The van der Waals surface area contributed by atoms with Gasteiger partial charge in [-0.15, -0.1) is 0 Å². The molecule has 0 heteroatoms. The quantitative estimate of drug-likeness (QED) is 0.570. The fourth-order valence-corrected chi connectivity index (χ4v) is 1.29. The van der Waals surface area contributed by atoms with Gasteiger partial charge in [0.1, 0.15) is 0 Å². The molecule has 0 bridgehead atoms. The van der Waals surface area contributed by atoms with E-state index >= 15 is 0 Å². The van der Waals surface area contributed by atoms with Gasteiger partial charge < -0.3 is 0 Å². The lowest BCUT2D eigenvalue weighted by molar-refractivity contribution is 1.35. The Labute approximate surface area is 68.6 Å². The molecule has 0 nitrogen and oxygen atoms in total. The van der Waals surface area contributed by atoms with E-state index in [-0.39, 0.29) is 0 Å². The molecule has 1 aromatic carbocycles. The molecular weight excluding hydrogens is 132 g/mol. The Bertz CT molecular complexity index is 282. The van der Waals surface area contributed by atoms with Gasteiger partial charge in [0.2, 0.25) is 0 Å². The van der Waals surface area contributed by atoms with Gasteiger partial charge in [-0.1, -0.05) is 35.9 Å². The molecule has 0 aromatic heterocycles. The largest absolute Gasteiger partial charge is 0.0955 e. The monoisotopic (exact) mass is 146 g/mol. The Hall–Kier alpha value is -1.04. The Morgan fingerprint density at radius 1 is 1.27 bits per heavy atom. The van der Waals surface area contributed by atoms with E-state index in [0.717, 1.165) is 5.57 Å². The highest BCUT2D eigenvalue weighted by Crippen LogP contribution is 2.17. The van der Waals surface area contributed by atoms with Crippen LogP contribution in [-0.2, 0) is 0 Å². The van der Waals surface area contributed by atoms with Crippen LogP contribution >= 0.6 is 0 Å². The topological polar surface area (TPSA) is 0 Å². The number of allylic oxidation sites excluding steroid dienone is 1. The van der Waals surface area contributed by atoms with Crippen molar-refractivity contribution >= 4 is 5.57 Å². The van der Waals surface area contributed by atoms with E-state index < -0.39 is 0 Å². The van der Waals surface area contributed by atoms with Crippen LogP contribution in [0.5, 0.6) is 0 Å². The summed E-state index contributed by atoms with van der Waals surface area (Å²) >= 11 is 0. The highest BCUT2D eigenvalue weighted by Gasteiger charge is 1.96. The molecular formula is C11H14. The highest BCUT2D eigenvalue weighted by molar-refractivity contribution is 5.64. The van der Waals surface area contributed by atoms with Crippen molar-refractivity contribution in [3.8, 4) is 0 Å². The summed E-state index contributed by atoms with van der Waals surface area (Å²) in [6, 6.07) is 6.44. The van der Waals surface area contributed by atoms with Gasteiger partial charge in [0, 0.05) is 0 Å². The van der Waals surface area contributed by atoms with Crippen molar-refractivity contribution in [3.63, 3.8) is 0 Å². The zero-order chi connectivity index (χ0) is 8.43. The van der Waals surface area contributed by atoms with Gasteiger partial charge in [-0.25, -0.2) is 0 Å². The molecule has 0 atom stereocenters. The molecule has 0 N–H and O–H groups in total. The first-order valence-electron chi connectivity index (χ1n) is 3.84. The smallest absolute Gasteiger partial charge is 0.0204 e. The highest BCUT2D eigenvalue weighted by atomic mass is 14.0. The SMILES string of the molecule is C=C(C)c1ccc(C)cc1C. The van der Waals surface area contributed by atoms with Crippen molar-refractivity contribution in [3.05, 3.63) is 41.5 Å². The second kappa shape index (κ2) is 2.91. The van der Waals surface area contributed by atoms with Gasteiger partial charge >= 0.3 is 0 Å². The summed E-state index contributed by atoms with van der Waals surface area (Å²) in [6.07, 6.45) is 0. The van der Waals surface area contributed by atoms with Crippen LogP contribution in [0, 0.1) is 13.8 Å². The Morgan fingerprint density at radius 2 is 1.91 bits per heavy atom. The molecule has 0 radical (unpaired) electrons. The van der Waals surface area contributed by atoms with Crippen molar-refractivity contribution in [2.45, 2.75) is 20.8 Å². The number of hydrogen-bond donors (Lipinski definition) is 0. The zero-order valence-electron chi connectivity index (χ0n) is 7.44. The number of benzene rings is 1. The molecule has 0 aliphatic heterocycles. The van der Waals surface area contributed by atoms with Crippen molar-refractivity contribution in [1.82, 2.24) is 0 Å². The van der Waals surface area contributed by atoms with E-state index in [4.69, 9.17) is 0 Å². The van der Waals surface area contributed by atoms with Gasteiger partial charge in [0.25, 0.3) is 0 Å². The summed E-state index contributed by atoms with van der Waals surface area (Å²) in [4.78, 5) is 0. The average molecular weight is 146 g/mol. The first kappa shape index (κ1) is 8.06. The van der Waals surface area contributed by atoms with Crippen LogP contribution in [0.15, 0.2) is 24.8 Å². The number of rotatable bonds is 1. The van der Waals surface area contributed by atoms with Crippen molar-refractivity contribution in [2.24, 2.45) is 0 Å². The minimum absolute atomic E-state index is 1.14. The van der Waals surface area contributed by atoms with Crippen LogP contribution < -0.4 is 0 Å². The fraction of sp³-hybridized carbons (Fsp3) is 0.273. The van der Waals surface area contributed by atoms with Crippen molar-refractivity contribution in [1.29, 1.82) is 0 Å². The molecule has 0 fully saturated rings. The maximum absolute atomic E-state index is 3.92. The minimum atomic E-state index is 1.14. The predicted octanol–water partition coefficient (Wildman–Crippen LogP) is 3.34. The third-order valence-corrected chi connectivity index (χ3v) is 1.84. The first-order valence-corrected chi connectivity index (χ1v) is 3.84. The molecule has 1 aromatic rings. The molecule has 1 rings (SSSR count). The molecule has 58 valence electrons. The summed E-state index contributed by atoms with van der Waals surface area (Å²) in [6.45, 7) is 10.2. The zero-order valence-corrected chi connectivity index (χ0v) is 7.44. The van der Waals surface area contributed by atoms with Crippen LogP contribution in [0.3, 0.4) is 0 Å². The van der Waals surface area contributed by atoms with Crippen molar-refractivity contribution < 1.29 is 0 Å². The van der Waals surface area contributed by atoms with Gasteiger partial charge in [0.15, 0.2) is 0 Å². The average Bonchev–Trinajstić information content (AvgIpc) is 1.85. The minimum Gasteiger partial charge on any atom is -0.0955 e. The van der Waals surface area contributed by atoms with E-state index in [1.54, 1.807) is 0 Å². The standard InChI is InChI=1S/C11H14/c1-8(2)11-6-5-9(3)7-10(11)4/h5-7H,1H2,2-4H3. The lowest BCUT2D eigenvalue weighted by Gasteiger charge is -2.04. The summed E-state index contributed by atoms with van der Waals surface area (Å²) in [5.41, 5.74) is 5.04. The van der Waals surface area contributed by atoms with Gasteiger partial charge in [-0.3, -0.25) is 0 Å². The molecule has 0 aliphatic carbocycles. The summed E-state index contributed by atoms with van der Waals surface area (Å²) < 4.78 is 0. The molecule has 11 heavy (non-hydrogen) atoms. The Balaban J connectivity index is 3.20. The second-order valence-electron chi connectivity index (χ2n) is 3.10. The van der Waals surface area contributed by atoms with E-state index in [2.05, 4.69) is 38.6 Å². The van der Waals surface area contributed by atoms with Gasteiger partial charge in [-0.05, 0) is 31.9 Å². The van der Waals surface area contributed by atoms with Crippen LogP contribution in [0.4, 0.5) is 0 Å². The molecule has 0 saturated carbocycles. The first-order chi connectivity index (χ1) is 5.11. The van der Waals surface area contributed by atoms with Gasteiger partial charge in [0.05, 0.1) is 0 Å². The van der Waals surface area contributed by atoms with Crippen molar-refractivity contribution in [2.75, 3.05) is 0 Å². The van der Waals surface area contributed by atoms with E-state index in [0.29, 0.717) is 0 Å². The molecule has 0 heterocycles. The van der Waals surface area contributed by atoms with Crippen LogP contribution in [0.25, 0.3) is 5.57 Å². The third kappa shape index (κ3) is 1.70. The molecule has 0 saturated heterocycles. The lowest BCUT2D eigenvalue weighted by Crippen LogP contribution is -1.84. The number of aryl methyl sites for hydroxylation is 2. The molecule has 0 spiro atoms. The van der Waals surface area contributed by atoms with E-state index in [1.807, 2.05) is 6.92 Å². The summed E-state index contributed by atoms with van der Waals surface area (Å²) in [5.74, 6) is 0. The van der Waals surface area contributed by atoms with E-state index in [9.17, 15) is 0 Å². The Kier molecular flexibility index (Phi) is 2.13. The number of hydrogen-bond acceptors (Lipinski definition) is 0. The summed E-state index contributed by atoms with van der Waals surface area (Å²) in [7, 11) is 0. The third-order valence-electron chi connectivity index (χ3n) is 1.84. The molecule has 0 unspecified atom stereocenters. The fourth-order valence-electron chi connectivity index (χ4n) is 1.29. The van der Waals surface area contributed by atoms with Gasteiger partial charge in [-0.2, -0.15) is 0 Å². The summed E-state index contributed by atoms with van der Waals surface area (Å²) in [5, 5.41) is 0. The lowest BCUT2D eigenvalue weighted by atomic mass is 10.0.